The summed E-state index contributed by atoms with van der Waals surface area (Å²) in [7, 11) is 0. The number of hydrazone groups is 1. The van der Waals surface area contributed by atoms with E-state index in [2.05, 4.69) is 20.5 Å². The highest BCUT2D eigenvalue weighted by Gasteiger charge is 2.05. The molecule has 116 valence electrons. The van der Waals surface area contributed by atoms with E-state index in [0.717, 1.165) is 10.6 Å². The number of hydrogen-bond donors (Lipinski definition) is 1. The molecule has 6 nitrogen and oxygen atoms in total. The van der Waals surface area contributed by atoms with Gasteiger partial charge in [0.15, 0.2) is 4.47 Å². The number of nitrogens with zero attached hydrogens (tertiary/aromatic N) is 4. The molecule has 0 bridgehead atoms. The number of hydrogen-bond acceptors (Lipinski definition) is 5. The van der Waals surface area contributed by atoms with Crippen LogP contribution in [0.15, 0.2) is 54.2 Å². The zero-order valence-corrected chi connectivity index (χ0v) is 13.5. The Bertz CT molecular complexity index is 827. The number of nitrogens with one attached hydrogen (secondary N) is 1. The third-order valence-corrected chi connectivity index (χ3v) is 4.12. The molecule has 0 saturated heterocycles. The van der Waals surface area contributed by atoms with Crippen molar-refractivity contribution in [3.63, 3.8) is 0 Å². The average Bonchev–Trinajstić information content (AvgIpc) is 3.18. The van der Waals surface area contributed by atoms with Crippen molar-refractivity contribution >= 4 is 35.1 Å². The van der Waals surface area contributed by atoms with Gasteiger partial charge in [0.2, 0.25) is 0 Å². The molecule has 3 heterocycles. The molecule has 0 saturated carbocycles. The lowest BCUT2D eigenvalue weighted by atomic mass is 10.3. The number of amides is 1. The summed E-state index contributed by atoms with van der Waals surface area (Å²) in [6.07, 6.45) is 8.40. The summed E-state index contributed by atoms with van der Waals surface area (Å²) in [4.78, 5) is 20.8. The smallest absolute Gasteiger partial charge is 0.271 e. The molecule has 0 aliphatic carbocycles. The Balaban J connectivity index is 1.64. The van der Waals surface area contributed by atoms with Crippen LogP contribution in [-0.2, 0) is 6.54 Å². The number of halogens is 1. The predicted octanol–water partition coefficient (Wildman–Crippen LogP) is 2.81. The van der Waals surface area contributed by atoms with Crippen molar-refractivity contribution in [3.8, 4) is 0 Å². The number of carbonyl (C=O) groups excluding carboxylic acids is 1. The second-order valence-electron chi connectivity index (χ2n) is 4.58. The summed E-state index contributed by atoms with van der Waals surface area (Å²) in [6, 6.07) is 7.07. The van der Waals surface area contributed by atoms with E-state index in [0.29, 0.717) is 16.6 Å². The zero-order valence-electron chi connectivity index (χ0n) is 11.9. The van der Waals surface area contributed by atoms with Crippen LogP contribution in [-0.4, -0.2) is 26.7 Å². The molecule has 0 unspecified atom stereocenters. The summed E-state index contributed by atoms with van der Waals surface area (Å²) in [6.45, 7) is 0.650. The van der Waals surface area contributed by atoms with Crippen LogP contribution in [0.3, 0.4) is 0 Å². The highest BCUT2D eigenvalue weighted by Crippen LogP contribution is 2.19. The van der Waals surface area contributed by atoms with E-state index < -0.39 is 0 Å². The maximum atomic E-state index is 11.9. The van der Waals surface area contributed by atoms with Crippen LogP contribution in [0, 0.1) is 0 Å². The fourth-order valence-corrected chi connectivity index (χ4v) is 2.91. The fourth-order valence-electron chi connectivity index (χ4n) is 1.94. The first-order valence-electron chi connectivity index (χ1n) is 6.71. The third kappa shape index (κ3) is 4.02. The van der Waals surface area contributed by atoms with Crippen molar-refractivity contribution in [3.05, 3.63) is 69.7 Å². The zero-order chi connectivity index (χ0) is 16.1. The first-order chi connectivity index (χ1) is 11.2. The Kier molecular flexibility index (Phi) is 4.80. The number of thiazole rings is 1. The molecule has 0 radical (unpaired) electrons. The van der Waals surface area contributed by atoms with Crippen LogP contribution in [0.5, 0.6) is 0 Å². The molecule has 0 spiro atoms. The minimum absolute atomic E-state index is 0.281. The van der Waals surface area contributed by atoms with Crippen LogP contribution >= 0.6 is 22.9 Å². The van der Waals surface area contributed by atoms with Crippen molar-refractivity contribution in [2.75, 3.05) is 0 Å². The first kappa shape index (κ1) is 15.4. The largest absolute Gasteiger partial charge is 0.341 e. The first-order valence-corrected chi connectivity index (χ1v) is 7.90. The van der Waals surface area contributed by atoms with Gasteiger partial charge in [0.1, 0.15) is 0 Å². The van der Waals surface area contributed by atoms with Gasteiger partial charge in [0.05, 0.1) is 18.5 Å². The summed E-state index contributed by atoms with van der Waals surface area (Å²) in [5, 5.41) is 3.99. The monoisotopic (exact) mass is 345 g/mol. The molecular weight excluding hydrogens is 334 g/mol. The van der Waals surface area contributed by atoms with Gasteiger partial charge in [-0.05, 0) is 24.3 Å². The molecule has 3 rings (SSSR count). The Morgan fingerprint density at radius 3 is 2.96 bits per heavy atom. The van der Waals surface area contributed by atoms with Crippen molar-refractivity contribution < 1.29 is 4.79 Å². The van der Waals surface area contributed by atoms with E-state index in [1.807, 2.05) is 22.9 Å². The van der Waals surface area contributed by atoms with Gasteiger partial charge in [-0.3, -0.25) is 9.78 Å². The SMILES string of the molecule is O=C(NN=Cc1cccn1Cc1cnc(Cl)s1)c1ccncc1. The summed E-state index contributed by atoms with van der Waals surface area (Å²) in [5.74, 6) is -0.281. The van der Waals surface area contributed by atoms with Gasteiger partial charge < -0.3 is 4.57 Å². The van der Waals surface area contributed by atoms with Crippen LogP contribution in [0.25, 0.3) is 0 Å². The molecule has 0 aromatic carbocycles. The van der Waals surface area contributed by atoms with Crippen LogP contribution < -0.4 is 5.43 Å². The van der Waals surface area contributed by atoms with Crippen molar-refractivity contribution in [1.29, 1.82) is 0 Å². The predicted molar refractivity (Wildman–Crippen MR) is 90.0 cm³/mol. The lowest BCUT2D eigenvalue weighted by Crippen LogP contribution is -2.17. The van der Waals surface area contributed by atoms with Crippen molar-refractivity contribution in [2.45, 2.75) is 6.54 Å². The number of aromatic nitrogens is 3. The topological polar surface area (TPSA) is 72.2 Å². The molecule has 1 amide bonds. The molecule has 0 aliphatic rings. The van der Waals surface area contributed by atoms with Gasteiger partial charge in [-0.2, -0.15) is 5.10 Å². The maximum Gasteiger partial charge on any atom is 0.271 e. The summed E-state index contributed by atoms with van der Waals surface area (Å²) >= 11 is 7.27. The van der Waals surface area contributed by atoms with Crippen LogP contribution in [0.4, 0.5) is 0 Å². The molecule has 1 N–H and O–H groups in total. The average molecular weight is 346 g/mol. The summed E-state index contributed by atoms with van der Waals surface area (Å²) in [5.41, 5.74) is 3.86. The standard InChI is InChI=1S/C15H12ClN5OS/c16-15-18-9-13(23-15)10-21-7-1-2-12(21)8-19-20-14(22)11-3-5-17-6-4-11/h1-9H,10H2,(H,20,22). The molecule has 23 heavy (non-hydrogen) atoms. The van der Waals surface area contributed by atoms with Gasteiger partial charge in [-0.25, -0.2) is 10.4 Å². The van der Waals surface area contributed by atoms with E-state index in [4.69, 9.17) is 11.6 Å². The Morgan fingerprint density at radius 2 is 2.22 bits per heavy atom. The quantitative estimate of drug-likeness (QED) is 0.571. The Morgan fingerprint density at radius 1 is 1.39 bits per heavy atom. The van der Waals surface area contributed by atoms with E-state index in [9.17, 15) is 4.79 Å². The number of pyridine rings is 1. The van der Waals surface area contributed by atoms with Gasteiger partial charge in [-0.1, -0.05) is 11.6 Å². The molecule has 0 fully saturated rings. The van der Waals surface area contributed by atoms with Crippen LogP contribution in [0.2, 0.25) is 4.47 Å². The van der Waals surface area contributed by atoms with Gasteiger partial charge >= 0.3 is 0 Å². The van der Waals surface area contributed by atoms with E-state index >= 15 is 0 Å². The molecule has 3 aromatic rings. The Hall–Kier alpha value is -2.51. The van der Waals surface area contributed by atoms with Crippen LogP contribution in [0.1, 0.15) is 20.9 Å². The van der Waals surface area contributed by atoms with Crippen molar-refractivity contribution in [2.24, 2.45) is 5.10 Å². The van der Waals surface area contributed by atoms with E-state index in [1.54, 1.807) is 36.9 Å². The molecule has 0 atom stereocenters. The van der Waals surface area contributed by atoms with Gasteiger partial charge in [0.25, 0.3) is 5.91 Å². The number of carbonyl (C=O) groups is 1. The molecule has 0 aliphatic heterocycles. The van der Waals surface area contributed by atoms with Crippen molar-refractivity contribution in [1.82, 2.24) is 20.0 Å². The molecule has 8 heteroatoms. The fraction of sp³-hybridized carbons (Fsp3) is 0.0667. The second kappa shape index (κ2) is 7.17. The van der Waals surface area contributed by atoms with Gasteiger partial charge in [0, 0.05) is 35.2 Å². The number of rotatable bonds is 5. The minimum Gasteiger partial charge on any atom is -0.341 e. The van der Waals surface area contributed by atoms with Gasteiger partial charge in [-0.15, -0.1) is 11.3 Å². The molecule has 3 aromatic heterocycles. The highest BCUT2D eigenvalue weighted by molar-refractivity contribution is 7.15. The maximum absolute atomic E-state index is 11.9. The van der Waals surface area contributed by atoms with E-state index in [-0.39, 0.29) is 5.91 Å². The molecular formula is C15H12ClN5OS. The normalized spacial score (nSPS) is 11.0. The lowest BCUT2D eigenvalue weighted by Gasteiger charge is -2.03. The highest BCUT2D eigenvalue weighted by atomic mass is 35.5. The second-order valence-corrected chi connectivity index (χ2v) is 6.27. The Labute approximate surface area is 141 Å². The minimum atomic E-state index is -0.281. The lowest BCUT2D eigenvalue weighted by molar-refractivity contribution is 0.0955. The third-order valence-electron chi connectivity index (χ3n) is 3.02. The summed E-state index contributed by atoms with van der Waals surface area (Å²) < 4.78 is 2.51. The van der Waals surface area contributed by atoms with E-state index in [1.165, 1.54) is 11.3 Å².